The number of nitriles is 1. The van der Waals surface area contributed by atoms with Crippen LogP contribution in [0.2, 0.25) is 0 Å². The molecule has 2 aliphatic rings. The molecule has 16 rings (SSSR count). The maximum Gasteiger partial charge on any atom is 0.252 e. The van der Waals surface area contributed by atoms with Crippen LogP contribution < -0.4 is 26.2 Å². The standard InChI is InChI=1S/C88H66BN5/c1-87(2,3)66-48-65(56-90)83-73(51-66)74-52-67(88(4,5)6)53-77(91-7)86(74)92(83)68-54-80-82-81(55-68)94(85-71(61-36-22-12-23-37-61)42-27-43-72(85)62-38-24-13-25-39-62)79-47-45-64(58-30-16-9-17-31-58)50-76(79)89(82)75-49-63(57-28-14-8-15-29-57)44-46-78(75)93(80)84-69(59-32-18-10-19-33-59)40-26-41-70(84)60-34-20-11-21-35-60/h8-55H,1-6H3. The van der Waals surface area contributed by atoms with Gasteiger partial charge in [0.2, 0.25) is 5.69 Å². The highest BCUT2D eigenvalue weighted by Crippen LogP contribution is 2.55. The van der Waals surface area contributed by atoms with E-state index in [0.29, 0.717) is 11.3 Å². The topological polar surface area (TPSA) is 39.6 Å². The lowest BCUT2D eigenvalue weighted by atomic mass is 9.33. The molecule has 6 heteroatoms. The summed E-state index contributed by atoms with van der Waals surface area (Å²) in [7, 11) is 0. The van der Waals surface area contributed by atoms with Crippen molar-refractivity contribution >= 4 is 84.7 Å². The van der Waals surface area contributed by atoms with Crippen molar-refractivity contribution in [2.24, 2.45) is 0 Å². The fraction of sp³-hybridized carbons (Fsp3) is 0.0909. The highest BCUT2D eigenvalue weighted by molar-refractivity contribution is 7.00. The molecule has 0 aliphatic carbocycles. The third kappa shape index (κ3) is 9.52. The van der Waals surface area contributed by atoms with Gasteiger partial charge in [0.25, 0.3) is 6.71 Å². The minimum atomic E-state index is -0.327. The molecule has 0 fully saturated rings. The molecule has 0 bridgehead atoms. The summed E-state index contributed by atoms with van der Waals surface area (Å²) in [6, 6.07) is 109. The number of para-hydroxylation sites is 2. The van der Waals surface area contributed by atoms with Gasteiger partial charge in [0.15, 0.2) is 0 Å². The highest BCUT2D eigenvalue weighted by Gasteiger charge is 2.46. The van der Waals surface area contributed by atoms with E-state index in [2.05, 4.69) is 358 Å². The summed E-state index contributed by atoms with van der Waals surface area (Å²) >= 11 is 0. The van der Waals surface area contributed by atoms with E-state index in [-0.39, 0.29) is 17.5 Å². The zero-order valence-electron chi connectivity index (χ0n) is 53.5. The normalized spacial score (nSPS) is 12.5. The Labute approximate surface area is 551 Å². The van der Waals surface area contributed by atoms with E-state index >= 15 is 0 Å². The van der Waals surface area contributed by atoms with E-state index in [4.69, 9.17) is 0 Å². The molecule has 0 amide bonds. The van der Waals surface area contributed by atoms with E-state index in [1.165, 1.54) is 10.9 Å². The van der Waals surface area contributed by atoms with Gasteiger partial charge in [-0.2, -0.15) is 5.26 Å². The molecular formula is C88H66BN5. The van der Waals surface area contributed by atoms with Gasteiger partial charge in [-0.05, 0) is 119 Å². The molecule has 94 heavy (non-hydrogen) atoms. The van der Waals surface area contributed by atoms with Crippen LogP contribution in [0.5, 0.6) is 0 Å². The van der Waals surface area contributed by atoms with E-state index in [0.717, 1.165) is 145 Å². The molecule has 0 unspecified atom stereocenters. The Kier molecular flexibility index (Phi) is 13.8. The summed E-state index contributed by atoms with van der Waals surface area (Å²) in [6.45, 7) is 22.2. The van der Waals surface area contributed by atoms with Gasteiger partial charge in [-0.15, -0.1) is 0 Å². The van der Waals surface area contributed by atoms with Crippen molar-refractivity contribution in [3.8, 4) is 78.5 Å². The first-order valence-electron chi connectivity index (χ1n) is 32.4. The quantitative estimate of drug-likeness (QED) is 0.107. The van der Waals surface area contributed by atoms with Crippen molar-refractivity contribution in [2.45, 2.75) is 52.4 Å². The number of aromatic nitrogens is 1. The molecule has 0 saturated heterocycles. The number of benzene rings is 13. The number of hydrogen-bond donors (Lipinski definition) is 0. The summed E-state index contributed by atoms with van der Waals surface area (Å²) in [4.78, 5) is 9.64. The summed E-state index contributed by atoms with van der Waals surface area (Å²) in [6.07, 6.45) is 0. The largest absolute Gasteiger partial charge is 0.318 e. The Bertz CT molecular complexity index is 4950. The van der Waals surface area contributed by atoms with Crippen molar-refractivity contribution in [3.05, 3.63) is 319 Å². The molecule has 3 heterocycles. The zero-order chi connectivity index (χ0) is 64.0. The van der Waals surface area contributed by atoms with Gasteiger partial charge in [0, 0.05) is 56.1 Å². The van der Waals surface area contributed by atoms with Gasteiger partial charge >= 0.3 is 0 Å². The number of anilines is 6. The number of rotatable bonds is 9. The van der Waals surface area contributed by atoms with Crippen LogP contribution in [0.3, 0.4) is 0 Å². The Morgan fingerprint density at radius 1 is 0.362 bits per heavy atom. The molecule has 0 atom stereocenters. The first kappa shape index (κ1) is 57.5. The molecule has 0 radical (unpaired) electrons. The molecule has 1 aromatic heterocycles. The molecule has 446 valence electrons. The number of fused-ring (bicyclic) bond motifs is 7. The average molecular weight is 1200 g/mol. The molecule has 14 aromatic rings. The Morgan fingerprint density at radius 3 is 1.09 bits per heavy atom. The van der Waals surface area contributed by atoms with E-state index < -0.39 is 0 Å². The van der Waals surface area contributed by atoms with Gasteiger partial charge in [-0.25, -0.2) is 4.85 Å². The second-order valence-electron chi connectivity index (χ2n) is 27.0. The van der Waals surface area contributed by atoms with Crippen molar-refractivity contribution < 1.29 is 0 Å². The maximum absolute atomic E-state index is 11.8. The maximum atomic E-state index is 11.8. The Balaban J connectivity index is 1.15. The number of hydrogen-bond acceptors (Lipinski definition) is 3. The SMILES string of the molecule is [C-]#[N+]c1cc(C(C)(C)C)cc2c3cc(C(C)(C)C)cc(C#N)c3n(-c3cc4c5c(c3)N(c3c(-c6ccccc6)cccc3-c3ccccc3)c3ccc(-c6ccccc6)cc3B5c3cc(-c5ccccc5)ccc3N4c3c(-c4ccccc4)cccc3-c3ccccc3)c12. The molecule has 0 N–H and O–H groups in total. The summed E-state index contributed by atoms with van der Waals surface area (Å²) in [5, 5.41) is 13.7. The van der Waals surface area contributed by atoms with E-state index in [1.54, 1.807) is 0 Å². The van der Waals surface area contributed by atoms with Crippen molar-refractivity contribution in [2.75, 3.05) is 9.80 Å². The van der Waals surface area contributed by atoms with Gasteiger partial charge in [-0.1, -0.05) is 302 Å². The van der Waals surface area contributed by atoms with Crippen LogP contribution in [0, 0.1) is 17.9 Å². The third-order valence-corrected chi connectivity index (χ3v) is 19.3. The molecule has 13 aromatic carbocycles. The molecule has 2 aliphatic heterocycles. The molecular weight excluding hydrogens is 1140 g/mol. The Hall–Kier alpha value is -11.7. The first-order chi connectivity index (χ1) is 45.8. The van der Waals surface area contributed by atoms with Crippen LogP contribution >= 0.6 is 0 Å². The fourth-order valence-electron chi connectivity index (χ4n) is 14.7. The fourth-order valence-corrected chi connectivity index (χ4v) is 14.7. The van der Waals surface area contributed by atoms with Crippen LogP contribution in [0.15, 0.2) is 291 Å². The second-order valence-corrected chi connectivity index (χ2v) is 27.0. The lowest BCUT2D eigenvalue weighted by molar-refractivity contribution is 0.590. The van der Waals surface area contributed by atoms with Crippen molar-refractivity contribution in [1.82, 2.24) is 4.57 Å². The lowest BCUT2D eigenvalue weighted by Crippen LogP contribution is -2.61. The zero-order valence-corrected chi connectivity index (χ0v) is 53.5. The van der Waals surface area contributed by atoms with Crippen LogP contribution in [0.25, 0.3) is 99.1 Å². The highest BCUT2D eigenvalue weighted by atomic mass is 15.2. The summed E-state index contributed by atoms with van der Waals surface area (Å²) < 4.78 is 2.28. The average Bonchev–Trinajstić information content (AvgIpc) is 0.910. The van der Waals surface area contributed by atoms with Gasteiger partial charge in [-0.3, -0.25) is 0 Å². The van der Waals surface area contributed by atoms with E-state index in [1.807, 2.05) is 0 Å². The van der Waals surface area contributed by atoms with Crippen LogP contribution in [0.1, 0.15) is 58.2 Å². The van der Waals surface area contributed by atoms with Gasteiger partial charge in [0.1, 0.15) is 6.07 Å². The minimum absolute atomic E-state index is 0.291. The molecule has 0 spiro atoms. The molecule has 5 nitrogen and oxygen atoms in total. The summed E-state index contributed by atoms with van der Waals surface area (Å²) in [5.74, 6) is 0. The van der Waals surface area contributed by atoms with Crippen molar-refractivity contribution in [3.63, 3.8) is 0 Å². The first-order valence-corrected chi connectivity index (χ1v) is 32.4. The molecule has 0 saturated carbocycles. The Morgan fingerprint density at radius 2 is 0.723 bits per heavy atom. The van der Waals surface area contributed by atoms with Gasteiger partial charge in [0.05, 0.1) is 34.5 Å². The van der Waals surface area contributed by atoms with Crippen LogP contribution in [-0.4, -0.2) is 11.3 Å². The predicted molar refractivity (Wildman–Crippen MR) is 396 cm³/mol. The van der Waals surface area contributed by atoms with Crippen LogP contribution in [0.4, 0.5) is 39.8 Å². The predicted octanol–water partition coefficient (Wildman–Crippen LogP) is 21.9. The summed E-state index contributed by atoms with van der Waals surface area (Å²) in [5.41, 5.74) is 27.6. The second kappa shape index (κ2) is 22.6. The van der Waals surface area contributed by atoms with E-state index in [9.17, 15) is 11.8 Å². The van der Waals surface area contributed by atoms with Crippen LogP contribution in [-0.2, 0) is 10.8 Å². The smallest absolute Gasteiger partial charge is 0.252 e. The van der Waals surface area contributed by atoms with Gasteiger partial charge < -0.3 is 14.4 Å². The lowest BCUT2D eigenvalue weighted by Gasteiger charge is -2.46. The monoisotopic (exact) mass is 1200 g/mol. The third-order valence-electron chi connectivity index (χ3n) is 19.3. The minimum Gasteiger partial charge on any atom is -0.318 e. The number of nitrogens with zero attached hydrogens (tertiary/aromatic N) is 5. The van der Waals surface area contributed by atoms with Crippen molar-refractivity contribution in [1.29, 1.82) is 5.26 Å².